The number of hydrogen-bond acceptors (Lipinski definition) is 3. The van der Waals surface area contributed by atoms with Crippen LogP contribution >= 0.6 is 0 Å². The Labute approximate surface area is 92.8 Å². The molecule has 2 rings (SSSR count). The lowest BCUT2D eigenvalue weighted by atomic mass is 10.1. The minimum atomic E-state index is -0.125. The zero-order valence-electron chi connectivity index (χ0n) is 9.46. The Bertz CT molecular complexity index is 587. The molecule has 1 aromatic carbocycles. The van der Waals surface area contributed by atoms with Crippen LogP contribution in [0, 0.1) is 6.92 Å². The summed E-state index contributed by atoms with van der Waals surface area (Å²) in [4.78, 5) is 14.1. The third-order valence-electron chi connectivity index (χ3n) is 2.53. The largest absolute Gasteiger partial charge is 0.497 e. The highest BCUT2D eigenvalue weighted by Crippen LogP contribution is 2.31. The number of aromatic nitrogens is 1. The second kappa shape index (κ2) is 3.89. The lowest BCUT2D eigenvalue weighted by Gasteiger charge is -2.10. The van der Waals surface area contributed by atoms with Gasteiger partial charge in [-0.15, -0.1) is 0 Å². The Morgan fingerprint density at radius 3 is 2.50 bits per heavy atom. The molecule has 0 aliphatic carbocycles. The number of ether oxygens (including phenoxy) is 2. The molecule has 4 heteroatoms. The molecule has 4 nitrogen and oxygen atoms in total. The number of H-pyrrole nitrogens is 1. The van der Waals surface area contributed by atoms with Gasteiger partial charge in [0.05, 0.1) is 14.2 Å². The van der Waals surface area contributed by atoms with Crippen LogP contribution in [-0.2, 0) is 0 Å². The summed E-state index contributed by atoms with van der Waals surface area (Å²) in [5.74, 6) is 1.37. The van der Waals surface area contributed by atoms with E-state index in [-0.39, 0.29) is 5.56 Å². The van der Waals surface area contributed by atoms with Gasteiger partial charge in [-0.2, -0.15) is 0 Å². The van der Waals surface area contributed by atoms with Gasteiger partial charge in [-0.05, 0) is 18.4 Å². The van der Waals surface area contributed by atoms with Crippen LogP contribution < -0.4 is 15.0 Å². The highest BCUT2D eigenvalue weighted by molar-refractivity contribution is 5.91. The molecular formula is C12H13NO3. The summed E-state index contributed by atoms with van der Waals surface area (Å²) in [6.07, 6.45) is 0. The van der Waals surface area contributed by atoms with Gasteiger partial charge >= 0.3 is 0 Å². The van der Waals surface area contributed by atoms with Crippen LogP contribution in [-0.4, -0.2) is 19.2 Å². The molecule has 0 amide bonds. The van der Waals surface area contributed by atoms with Crippen molar-refractivity contribution in [1.82, 2.24) is 4.98 Å². The van der Waals surface area contributed by atoms with Gasteiger partial charge in [-0.25, -0.2) is 0 Å². The number of nitrogens with one attached hydrogen (secondary N) is 1. The molecule has 0 radical (unpaired) electrons. The summed E-state index contributed by atoms with van der Waals surface area (Å²) in [7, 11) is 3.18. The fourth-order valence-electron chi connectivity index (χ4n) is 1.83. The fraction of sp³-hybridized carbons (Fsp3) is 0.250. The van der Waals surface area contributed by atoms with Gasteiger partial charge in [0.2, 0.25) is 5.56 Å². The van der Waals surface area contributed by atoms with E-state index in [4.69, 9.17) is 9.47 Å². The Kier molecular flexibility index (Phi) is 2.56. The van der Waals surface area contributed by atoms with Crippen LogP contribution in [0.1, 0.15) is 5.69 Å². The van der Waals surface area contributed by atoms with E-state index in [0.717, 1.165) is 16.5 Å². The summed E-state index contributed by atoms with van der Waals surface area (Å²) in [6, 6.07) is 5.15. The number of aromatic amines is 1. The number of hydrogen-bond donors (Lipinski definition) is 1. The van der Waals surface area contributed by atoms with Gasteiger partial charge in [-0.1, -0.05) is 0 Å². The second-order valence-corrected chi connectivity index (χ2v) is 3.55. The first kappa shape index (κ1) is 10.5. The zero-order valence-corrected chi connectivity index (χ0v) is 9.46. The van der Waals surface area contributed by atoms with Gasteiger partial charge in [0.25, 0.3) is 0 Å². The molecule has 0 fully saturated rings. The molecule has 0 saturated heterocycles. The average molecular weight is 219 g/mol. The molecule has 0 unspecified atom stereocenters. The SMILES string of the molecule is COc1cc(OC)c2c(C)[nH]c(=O)cc2c1. The second-order valence-electron chi connectivity index (χ2n) is 3.55. The number of pyridine rings is 1. The van der Waals surface area contributed by atoms with Gasteiger partial charge < -0.3 is 14.5 Å². The van der Waals surface area contributed by atoms with E-state index in [1.807, 2.05) is 13.0 Å². The molecule has 2 aromatic rings. The van der Waals surface area contributed by atoms with Crippen LogP contribution in [0.4, 0.5) is 0 Å². The molecule has 0 spiro atoms. The molecule has 84 valence electrons. The van der Waals surface area contributed by atoms with E-state index in [9.17, 15) is 4.79 Å². The van der Waals surface area contributed by atoms with Gasteiger partial charge in [-0.3, -0.25) is 4.79 Å². The zero-order chi connectivity index (χ0) is 11.7. The maximum atomic E-state index is 11.4. The third kappa shape index (κ3) is 1.62. The van der Waals surface area contributed by atoms with Crippen molar-refractivity contribution in [3.63, 3.8) is 0 Å². The average Bonchev–Trinajstić information content (AvgIpc) is 2.26. The van der Waals surface area contributed by atoms with Crippen LogP contribution in [0.25, 0.3) is 10.8 Å². The van der Waals surface area contributed by atoms with Crippen LogP contribution in [0.3, 0.4) is 0 Å². The molecule has 1 heterocycles. The predicted molar refractivity (Wildman–Crippen MR) is 62.4 cm³/mol. The van der Waals surface area contributed by atoms with Crippen molar-refractivity contribution in [2.45, 2.75) is 6.92 Å². The van der Waals surface area contributed by atoms with E-state index in [2.05, 4.69) is 4.98 Å². The molecular weight excluding hydrogens is 206 g/mol. The number of benzene rings is 1. The molecule has 0 aliphatic heterocycles. The first-order valence-corrected chi connectivity index (χ1v) is 4.91. The van der Waals surface area contributed by atoms with Crippen molar-refractivity contribution in [2.75, 3.05) is 14.2 Å². The smallest absolute Gasteiger partial charge is 0.248 e. The number of methoxy groups -OCH3 is 2. The van der Waals surface area contributed by atoms with Crippen LogP contribution in [0.15, 0.2) is 23.0 Å². The van der Waals surface area contributed by atoms with Crippen molar-refractivity contribution in [3.8, 4) is 11.5 Å². The lowest BCUT2D eigenvalue weighted by molar-refractivity contribution is 0.398. The molecule has 0 bridgehead atoms. The molecule has 1 N–H and O–H groups in total. The van der Waals surface area contributed by atoms with Crippen molar-refractivity contribution >= 4 is 10.8 Å². The van der Waals surface area contributed by atoms with Crippen LogP contribution in [0.5, 0.6) is 11.5 Å². The minimum Gasteiger partial charge on any atom is -0.497 e. The van der Waals surface area contributed by atoms with Crippen molar-refractivity contribution in [2.24, 2.45) is 0 Å². The van der Waals surface area contributed by atoms with Crippen molar-refractivity contribution in [1.29, 1.82) is 0 Å². The maximum Gasteiger partial charge on any atom is 0.248 e. The monoisotopic (exact) mass is 219 g/mol. The molecule has 0 aliphatic rings. The first-order valence-electron chi connectivity index (χ1n) is 4.91. The van der Waals surface area contributed by atoms with Crippen molar-refractivity contribution in [3.05, 3.63) is 34.2 Å². The normalized spacial score (nSPS) is 10.4. The molecule has 0 saturated carbocycles. The minimum absolute atomic E-state index is 0.125. The van der Waals surface area contributed by atoms with E-state index in [0.29, 0.717) is 11.5 Å². The highest BCUT2D eigenvalue weighted by Gasteiger charge is 2.08. The van der Waals surface area contributed by atoms with E-state index >= 15 is 0 Å². The summed E-state index contributed by atoms with van der Waals surface area (Å²) >= 11 is 0. The quantitative estimate of drug-likeness (QED) is 0.838. The number of fused-ring (bicyclic) bond motifs is 1. The standard InChI is InChI=1S/C12H13NO3/c1-7-12-8(5-11(14)13-7)4-9(15-2)6-10(12)16-3/h4-6H,1-3H3,(H,13,14). The third-order valence-corrected chi connectivity index (χ3v) is 2.53. The topological polar surface area (TPSA) is 51.3 Å². The van der Waals surface area contributed by atoms with Gasteiger partial charge in [0, 0.05) is 23.2 Å². The van der Waals surface area contributed by atoms with E-state index < -0.39 is 0 Å². The molecule has 0 atom stereocenters. The first-order chi connectivity index (χ1) is 7.65. The van der Waals surface area contributed by atoms with Crippen molar-refractivity contribution < 1.29 is 9.47 Å². The summed E-state index contributed by atoms with van der Waals surface area (Å²) in [6.45, 7) is 1.85. The fourth-order valence-corrected chi connectivity index (χ4v) is 1.83. The summed E-state index contributed by atoms with van der Waals surface area (Å²) in [5, 5.41) is 1.72. The summed E-state index contributed by atoms with van der Waals surface area (Å²) < 4.78 is 10.4. The number of rotatable bonds is 2. The Morgan fingerprint density at radius 1 is 1.12 bits per heavy atom. The van der Waals surface area contributed by atoms with E-state index in [1.165, 1.54) is 6.07 Å². The Morgan fingerprint density at radius 2 is 1.88 bits per heavy atom. The summed E-state index contributed by atoms with van der Waals surface area (Å²) in [5.41, 5.74) is 0.669. The molecule has 1 aromatic heterocycles. The Hall–Kier alpha value is -1.97. The Balaban J connectivity index is 2.89. The molecule has 16 heavy (non-hydrogen) atoms. The maximum absolute atomic E-state index is 11.4. The van der Waals surface area contributed by atoms with Gasteiger partial charge in [0.1, 0.15) is 11.5 Å². The lowest BCUT2D eigenvalue weighted by Crippen LogP contribution is -2.06. The number of aryl methyl sites for hydroxylation is 1. The highest BCUT2D eigenvalue weighted by atomic mass is 16.5. The van der Waals surface area contributed by atoms with Gasteiger partial charge in [0.15, 0.2) is 0 Å². The predicted octanol–water partition coefficient (Wildman–Crippen LogP) is 1.85. The van der Waals surface area contributed by atoms with Crippen LogP contribution in [0.2, 0.25) is 0 Å². The van der Waals surface area contributed by atoms with E-state index in [1.54, 1.807) is 20.3 Å².